The van der Waals surface area contributed by atoms with Crippen LogP contribution in [0.25, 0.3) is 26.0 Å². The van der Waals surface area contributed by atoms with Crippen LogP contribution in [0.1, 0.15) is 30.7 Å². The number of fused-ring (bicyclic) bond motifs is 2. The van der Waals surface area contributed by atoms with Gasteiger partial charge in [-0.15, -0.1) is 11.3 Å². The molecule has 1 fully saturated rings. The van der Waals surface area contributed by atoms with Crippen molar-refractivity contribution >= 4 is 38.7 Å². The van der Waals surface area contributed by atoms with Crippen molar-refractivity contribution in [1.82, 2.24) is 24.8 Å². The van der Waals surface area contributed by atoms with E-state index in [4.69, 9.17) is 15.2 Å². The molecule has 35 heavy (non-hydrogen) atoms. The molecule has 1 aliphatic rings. The van der Waals surface area contributed by atoms with Gasteiger partial charge in [0.15, 0.2) is 5.82 Å². The molecule has 3 N–H and O–H groups in total. The summed E-state index contributed by atoms with van der Waals surface area (Å²) < 4.78 is 14.6. The first kappa shape index (κ1) is 23.5. The molecule has 0 saturated carbocycles. The summed E-state index contributed by atoms with van der Waals surface area (Å²) in [6.07, 6.45) is 1.48. The van der Waals surface area contributed by atoms with E-state index < -0.39 is 0 Å². The Morgan fingerprint density at radius 1 is 1.31 bits per heavy atom. The van der Waals surface area contributed by atoms with Crippen molar-refractivity contribution in [2.75, 3.05) is 32.5 Å². The molecular weight excluding hydrogens is 464 g/mol. The van der Waals surface area contributed by atoms with Crippen LogP contribution in [-0.4, -0.2) is 58.3 Å². The number of nitrogens with two attached hydrogens (primary N) is 1. The molecule has 0 aliphatic carbocycles. The molecular formula is C25H30N6O3S. The summed E-state index contributed by atoms with van der Waals surface area (Å²) in [6, 6.07) is 6.14. The lowest BCUT2D eigenvalue weighted by molar-refractivity contribution is -0.128. The first-order valence-corrected chi connectivity index (χ1v) is 12.6. The maximum absolute atomic E-state index is 12.3. The quantitative estimate of drug-likeness (QED) is 0.406. The Hall–Kier alpha value is -3.21. The van der Waals surface area contributed by atoms with Crippen molar-refractivity contribution in [3.8, 4) is 16.2 Å². The molecule has 4 aromatic rings. The van der Waals surface area contributed by atoms with Gasteiger partial charge in [0.25, 0.3) is 0 Å². The summed E-state index contributed by atoms with van der Waals surface area (Å²) in [5.74, 6) is 1.29. The number of ether oxygens (including phenoxy) is 2. The number of hydrogen-bond donors (Lipinski definition) is 2. The largest absolute Gasteiger partial charge is 0.495 e. The number of piperazine rings is 1. The zero-order valence-corrected chi connectivity index (χ0v) is 21.2. The Bertz CT molecular complexity index is 1410. The van der Waals surface area contributed by atoms with Crippen LogP contribution in [0.3, 0.4) is 0 Å². The van der Waals surface area contributed by atoms with Gasteiger partial charge in [0, 0.05) is 42.2 Å². The van der Waals surface area contributed by atoms with E-state index >= 15 is 0 Å². The van der Waals surface area contributed by atoms with Gasteiger partial charge in [-0.05, 0) is 43.9 Å². The number of hydrogen-bond acceptors (Lipinski definition) is 8. The minimum absolute atomic E-state index is 0.0322. The second-order valence-electron chi connectivity index (χ2n) is 8.78. The van der Waals surface area contributed by atoms with Crippen LogP contribution in [0.4, 0.5) is 5.82 Å². The Kier molecular flexibility index (Phi) is 6.35. The third-order valence-electron chi connectivity index (χ3n) is 6.58. The predicted octanol–water partition coefficient (Wildman–Crippen LogP) is 3.37. The average Bonchev–Trinajstić information content (AvgIpc) is 3.39. The highest BCUT2D eigenvalue weighted by atomic mass is 32.1. The van der Waals surface area contributed by atoms with Crippen LogP contribution >= 0.6 is 11.3 Å². The second kappa shape index (κ2) is 9.44. The molecule has 1 amide bonds. The fourth-order valence-corrected chi connectivity index (χ4v) is 5.99. The molecule has 184 valence electrons. The number of aryl methyl sites for hydroxylation is 1. The molecule has 5 rings (SSSR count). The SMILES string of the molecule is CCOCc1c(-c2cc3cc(C)cc(OC)c3s2)c2c(N)ncnn2c1CN1CCNC(=O)C1C. The van der Waals surface area contributed by atoms with Crippen molar-refractivity contribution in [2.45, 2.75) is 40.0 Å². The number of methoxy groups -OCH3 is 1. The number of nitrogen functional groups attached to an aromatic ring is 1. The van der Waals surface area contributed by atoms with E-state index in [1.807, 2.05) is 24.4 Å². The summed E-state index contributed by atoms with van der Waals surface area (Å²) in [5, 5.41) is 8.64. The molecule has 0 bridgehead atoms. The van der Waals surface area contributed by atoms with Gasteiger partial charge >= 0.3 is 0 Å². The van der Waals surface area contributed by atoms with Crippen LogP contribution in [0.5, 0.6) is 5.75 Å². The minimum Gasteiger partial charge on any atom is -0.495 e. The molecule has 1 aliphatic heterocycles. The lowest BCUT2D eigenvalue weighted by atomic mass is 10.1. The van der Waals surface area contributed by atoms with Gasteiger partial charge in [-0.25, -0.2) is 9.50 Å². The Morgan fingerprint density at radius 2 is 2.14 bits per heavy atom. The second-order valence-corrected chi connectivity index (χ2v) is 9.83. The molecule has 0 radical (unpaired) electrons. The van der Waals surface area contributed by atoms with Crippen molar-refractivity contribution < 1.29 is 14.3 Å². The predicted molar refractivity (Wildman–Crippen MR) is 138 cm³/mol. The summed E-state index contributed by atoms with van der Waals surface area (Å²) in [5.41, 5.74) is 11.3. The number of nitrogens with one attached hydrogen (secondary N) is 1. The van der Waals surface area contributed by atoms with Gasteiger partial charge in [0.2, 0.25) is 5.91 Å². The molecule has 9 nitrogen and oxygen atoms in total. The van der Waals surface area contributed by atoms with Crippen molar-refractivity contribution in [3.05, 3.63) is 41.3 Å². The zero-order chi connectivity index (χ0) is 24.7. The highest BCUT2D eigenvalue weighted by Crippen LogP contribution is 2.44. The van der Waals surface area contributed by atoms with E-state index in [0.717, 1.165) is 55.2 Å². The summed E-state index contributed by atoms with van der Waals surface area (Å²) in [6.45, 7) is 8.87. The Balaban J connectivity index is 1.74. The van der Waals surface area contributed by atoms with E-state index in [0.29, 0.717) is 32.1 Å². The van der Waals surface area contributed by atoms with Crippen LogP contribution in [0.2, 0.25) is 0 Å². The Labute approximate surface area is 207 Å². The minimum atomic E-state index is -0.242. The molecule has 10 heteroatoms. The molecule has 1 atom stereocenters. The number of carbonyl (C=O) groups excluding carboxylic acids is 1. The van der Waals surface area contributed by atoms with Crippen LogP contribution in [0.15, 0.2) is 24.5 Å². The standard InChI is InChI=1S/C25H30N6O3S/c1-5-34-12-17-18(11-30-7-6-27-25(32)15(30)3)31-22(24(26)28-13-29-31)21(17)20-10-16-8-14(2)9-19(33-4)23(16)35-20/h8-10,13,15H,5-7,11-12H2,1-4H3,(H,27,32)(H2,26,28,29). The van der Waals surface area contributed by atoms with Gasteiger partial charge in [-0.3, -0.25) is 9.69 Å². The first-order valence-electron chi connectivity index (χ1n) is 11.7. The van der Waals surface area contributed by atoms with Gasteiger partial charge < -0.3 is 20.5 Å². The van der Waals surface area contributed by atoms with E-state index in [-0.39, 0.29) is 11.9 Å². The number of thiophene rings is 1. The molecule has 1 unspecified atom stereocenters. The van der Waals surface area contributed by atoms with E-state index in [1.54, 1.807) is 18.4 Å². The highest BCUT2D eigenvalue weighted by Gasteiger charge is 2.30. The lowest BCUT2D eigenvalue weighted by Gasteiger charge is -2.32. The van der Waals surface area contributed by atoms with Gasteiger partial charge in [0.1, 0.15) is 17.6 Å². The van der Waals surface area contributed by atoms with E-state index in [9.17, 15) is 4.79 Å². The van der Waals surface area contributed by atoms with Crippen LogP contribution < -0.4 is 15.8 Å². The third-order valence-corrected chi connectivity index (χ3v) is 7.77. The molecule has 4 heterocycles. The summed E-state index contributed by atoms with van der Waals surface area (Å²) in [7, 11) is 1.70. The molecule has 1 saturated heterocycles. The van der Waals surface area contributed by atoms with Gasteiger partial charge in [0.05, 0.1) is 30.2 Å². The van der Waals surface area contributed by atoms with Crippen molar-refractivity contribution in [1.29, 1.82) is 0 Å². The number of nitrogens with zero attached hydrogens (tertiary/aromatic N) is 4. The lowest BCUT2D eigenvalue weighted by Crippen LogP contribution is -2.53. The van der Waals surface area contributed by atoms with Gasteiger partial charge in [-0.2, -0.15) is 5.10 Å². The number of carbonyl (C=O) groups is 1. The molecule has 3 aromatic heterocycles. The Morgan fingerprint density at radius 3 is 2.91 bits per heavy atom. The van der Waals surface area contributed by atoms with Gasteiger partial charge in [-0.1, -0.05) is 6.07 Å². The van der Waals surface area contributed by atoms with E-state index in [1.165, 1.54) is 6.33 Å². The third kappa shape index (κ3) is 4.11. The summed E-state index contributed by atoms with van der Waals surface area (Å²) >= 11 is 1.66. The maximum atomic E-state index is 12.3. The van der Waals surface area contributed by atoms with E-state index in [2.05, 4.69) is 39.4 Å². The fraction of sp³-hybridized carbons (Fsp3) is 0.400. The number of benzene rings is 1. The molecule has 1 aromatic carbocycles. The highest BCUT2D eigenvalue weighted by molar-refractivity contribution is 7.22. The van der Waals surface area contributed by atoms with Crippen molar-refractivity contribution in [2.24, 2.45) is 0 Å². The average molecular weight is 495 g/mol. The monoisotopic (exact) mass is 494 g/mol. The molecule has 0 spiro atoms. The van der Waals surface area contributed by atoms with Crippen LogP contribution in [0, 0.1) is 6.92 Å². The number of aromatic nitrogens is 3. The number of anilines is 1. The number of rotatable bonds is 7. The number of amides is 1. The maximum Gasteiger partial charge on any atom is 0.237 e. The smallest absolute Gasteiger partial charge is 0.237 e. The van der Waals surface area contributed by atoms with Crippen molar-refractivity contribution in [3.63, 3.8) is 0 Å². The normalized spacial score (nSPS) is 16.8. The topological polar surface area (TPSA) is 107 Å². The zero-order valence-electron chi connectivity index (χ0n) is 20.4. The fourth-order valence-electron chi connectivity index (χ4n) is 4.79. The first-order chi connectivity index (χ1) is 16.9. The van der Waals surface area contributed by atoms with Crippen LogP contribution in [-0.2, 0) is 22.7 Å². The summed E-state index contributed by atoms with van der Waals surface area (Å²) in [4.78, 5) is 19.9.